The van der Waals surface area contributed by atoms with Gasteiger partial charge >= 0.3 is 0 Å². The van der Waals surface area contributed by atoms with E-state index < -0.39 is 0 Å². The molecule has 0 atom stereocenters. The van der Waals surface area contributed by atoms with E-state index in [0.717, 1.165) is 21.9 Å². The molecule has 0 saturated carbocycles. The zero-order chi connectivity index (χ0) is 12.1. The Balaban J connectivity index is 2.34. The van der Waals surface area contributed by atoms with Crippen molar-refractivity contribution < 1.29 is 0 Å². The Hall–Kier alpha value is -2.13. The summed E-state index contributed by atoms with van der Waals surface area (Å²) in [6.07, 6.45) is 0. The first-order valence-electron chi connectivity index (χ1n) is 5.66. The molecule has 0 spiro atoms. The van der Waals surface area contributed by atoms with Gasteiger partial charge in [-0.3, -0.25) is 4.40 Å². The number of benzene rings is 2. The lowest BCUT2D eigenvalue weighted by molar-refractivity contribution is 1.17. The summed E-state index contributed by atoms with van der Waals surface area (Å²) < 4.78 is 1.89. The average molecular weight is 254 g/mol. The van der Waals surface area contributed by atoms with Crippen LogP contribution in [-0.4, -0.2) is 14.4 Å². The highest BCUT2D eigenvalue weighted by molar-refractivity contribution is 6.34. The number of halogens is 1. The summed E-state index contributed by atoms with van der Waals surface area (Å²) in [5.74, 6) is 0.639. The van der Waals surface area contributed by atoms with Gasteiger partial charge in [0, 0.05) is 5.39 Å². The molecule has 0 bridgehead atoms. The fraction of sp³-hybridized carbons (Fsp3) is 0. The van der Waals surface area contributed by atoms with Crippen LogP contribution in [0.25, 0.3) is 27.7 Å². The number of rotatable bonds is 0. The number of hydrogen-bond donors (Lipinski definition) is 0. The highest BCUT2D eigenvalue weighted by atomic mass is 35.5. The Labute approximate surface area is 108 Å². The molecule has 2 heterocycles. The molecule has 4 rings (SSSR count). The van der Waals surface area contributed by atoms with Crippen LogP contribution in [0.15, 0.2) is 48.5 Å². The Morgan fingerprint density at radius 3 is 2.39 bits per heavy atom. The van der Waals surface area contributed by atoms with Crippen molar-refractivity contribution in [3.63, 3.8) is 0 Å². The van der Waals surface area contributed by atoms with Crippen molar-refractivity contribution in [2.24, 2.45) is 0 Å². The molecule has 2 aromatic heterocycles. The first-order chi connectivity index (χ1) is 8.84. The third-order valence-electron chi connectivity index (χ3n) is 3.09. The summed E-state index contributed by atoms with van der Waals surface area (Å²) in [7, 11) is 0. The van der Waals surface area contributed by atoms with Gasteiger partial charge in [0.05, 0.1) is 16.6 Å². The molecule has 86 valence electrons. The Bertz CT molecular complexity index is 895. The number of aromatic nitrogens is 3. The summed E-state index contributed by atoms with van der Waals surface area (Å²) in [5, 5.41) is 1.60. The van der Waals surface area contributed by atoms with Gasteiger partial charge in [-0.2, -0.15) is 0 Å². The molecule has 3 nitrogen and oxygen atoms in total. The predicted molar refractivity (Wildman–Crippen MR) is 73.0 cm³/mol. The van der Waals surface area contributed by atoms with Gasteiger partial charge in [0.1, 0.15) is 5.15 Å². The monoisotopic (exact) mass is 253 g/mol. The summed E-state index contributed by atoms with van der Waals surface area (Å²) in [6, 6.07) is 15.7. The molecule has 0 fully saturated rings. The average Bonchev–Trinajstić information content (AvgIpc) is 2.77. The highest BCUT2D eigenvalue weighted by Gasteiger charge is 2.11. The molecular formula is C14H8ClN3. The molecule has 0 N–H and O–H groups in total. The number of imidazole rings is 1. The number of nitrogens with zero attached hydrogens (tertiary/aromatic N) is 3. The molecular weight excluding hydrogens is 246 g/mol. The number of para-hydroxylation sites is 3. The van der Waals surface area contributed by atoms with E-state index >= 15 is 0 Å². The largest absolute Gasteiger partial charge is 0.266 e. The topological polar surface area (TPSA) is 30.2 Å². The van der Waals surface area contributed by atoms with Gasteiger partial charge in [-0.25, -0.2) is 9.97 Å². The Morgan fingerprint density at radius 1 is 0.833 bits per heavy atom. The van der Waals surface area contributed by atoms with Crippen LogP contribution in [0.3, 0.4) is 0 Å². The molecule has 18 heavy (non-hydrogen) atoms. The lowest BCUT2D eigenvalue weighted by Gasteiger charge is -2.03. The van der Waals surface area contributed by atoms with Crippen molar-refractivity contribution in [3.8, 4) is 0 Å². The van der Waals surface area contributed by atoms with Gasteiger partial charge < -0.3 is 0 Å². The maximum atomic E-state index is 6.48. The van der Waals surface area contributed by atoms with Crippen LogP contribution >= 0.6 is 11.6 Å². The second-order valence-electron chi connectivity index (χ2n) is 4.16. The van der Waals surface area contributed by atoms with Crippen LogP contribution in [0, 0.1) is 0 Å². The van der Waals surface area contributed by atoms with Crippen molar-refractivity contribution in [3.05, 3.63) is 53.7 Å². The lowest BCUT2D eigenvalue weighted by atomic mass is 10.2. The van der Waals surface area contributed by atoms with Crippen LogP contribution in [-0.2, 0) is 0 Å². The summed E-state index contributed by atoms with van der Waals surface area (Å²) >= 11 is 6.48. The summed E-state index contributed by atoms with van der Waals surface area (Å²) in [5.41, 5.74) is 2.75. The van der Waals surface area contributed by atoms with E-state index in [4.69, 9.17) is 11.6 Å². The third kappa shape index (κ3) is 1.19. The van der Waals surface area contributed by atoms with Gasteiger partial charge in [-0.15, -0.1) is 0 Å². The maximum Gasteiger partial charge on any atom is 0.236 e. The van der Waals surface area contributed by atoms with E-state index in [9.17, 15) is 0 Å². The normalized spacial score (nSPS) is 11.6. The van der Waals surface area contributed by atoms with E-state index in [2.05, 4.69) is 9.97 Å². The minimum atomic E-state index is 0.639. The zero-order valence-corrected chi connectivity index (χ0v) is 10.1. The fourth-order valence-corrected chi connectivity index (χ4v) is 2.58. The predicted octanol–water partition coefficient (Wildman–Crippen LogP) is 3.69. The smallest absolute Gasteiger partial charge is 0.236 e. The summed E-state index contributed by atoms with van der Waals surface area (Å²) in [6.45, 7) is 0. The van der Waals surface area contributed by atoms with E-state index in [1.165, 1.54) is 0 Å². The van der Waals surface area contributed by atoms with Crippen molar-refractivity contribution in [2.45, 2.75) is 0 Å². The third-order valence-corrected chi connectivity index (χ3v) is 3.46. The zero-order valence-electron chi connectivity index (χ0n) is 9.34. The first-order valence-corrected chi connectivity index (χ1v) is 6.04. The van der Waals surface area contributed by atoms with Gasteiger partial charge in [-0.05, 0) is 24.3 Å². The first kappa shape index (κ1) is 9.85. The molecule has 0 aliphatic carbocycles. The van der Waals surface area contributed by atoms with E-state index in [-0.39, 0.29) is 0 Å². The van der Waals surface area contributed by atoms with E-state index in [1.807, 2.05) is 52.9 Å². The van der Waals surface area contributed by atoms with Gasteiger partial charge in [0.2, 0.25) is 5.78 Å². The fourth-order valence-electron chi connectivity index (χ4n) is 2.26. The number of hydrogen-bond acceptors (Lipinski definition) is 2. The van der Waals surface area contributed by atoms with Crippen molar-refractivity contribution in [1.82, 2.24) is 14.4 Å². The van der Waals surface area contributed by atoms with Gasteiger partial charge in [0.15, 0.2) is 0 Å². The molecule has 0 unspecified atom stereocenters. The molecule has 2 aromatic carbocycles. The molecule has 0 aliphatic heterocycles. The Kier molecular flexibility index (Phi) is 1.88. The van der Waals surface area contributed by atoms with E-state index in [0.29, 0.717) is 10.9 Å². The minimum absolute atomic E-state index is 0.639. The molecule has 0 saturated heterocycles. The Morgan fingerprint density at radius 2 is 1.50 bits per heavy atom. The van der Waals surface area contributed by atoms with Crippen molar-refractivity contribution in [1.29, 1.82) is 0 Å². The van der Waals surface area contributed by atoms with Crippen LogP contribution in [0.1, 0.15) is 0 Å². The van der Waals surface area contributed by atoms with Crippen LogP contribution < -0.4 is 0 Å². The lowest BCUT2D eigenvalue weighted by Crippen LogP contribution is -1.92. The molecule has 0 aliphatic rings. The maximum absolute atomic E-state index is 6.48. The molecule has 0 radical (unpaired) electrons. The highest BCUT2D eigenvalue weighted by Crippen LogP contribution is 2.26. The quantitative estimate of drug-likeness (QED) is 0.448. The van der Waals surface area contributed by atoms with Crippen LogP contribution in [0.5, 0.6) is 0 Å². The summed E-state index contributed by atoms with van der Waals surface area (Å²) in [4.78, 5) is 9.04. The minimum Gasteiger partial charge on any atom is -0.266 e. The van der Waals surface area contributed by atoms with Crippen LogP contribution in [0.4, 0.5) is 0 Å². The second-order valence-corrected chi connectivity index (χ2v) is 4.51. The SMILES string of the molecule is Clc1c2ccccc2nc2nc3ccccc3n12. The number of fused-ring (bicyclic) bond motifs is 4. The second kappa shape index (κ2) is 3.43. The molecule has 4 aromatic rings. The standard InChI is InChI=1S/C14H8ClN3/c15-13-9-5-1-2-6-10(9)16-14-17-11-7-3-4-8-12(11)18(13)14/h1-8H. The van der Waals surface area contributed by atoms with Crippen molar-refractivity contribution >= 4 is 39.3 Å². The van der Waals surface area contributed by atoms with Crippen molar-refractivity contribution in [2.75, 3.05) is 0 Å². The van der Waals surface area contributed by atoms with Crippen LogP contribution in [0.2, 0.25) is 5.15 Å². The molecule has 4 heteroatoms. The molecule has 0 amide bonds. The van der Waals surface area contributed by atoms with E-state index in [1.54, 1.807) is 0 Å². The van der Waals surface area contributed by atoms with Gasteiger partial charge in [0.25, 0.3) is 0 Å². The van der Waals surface area contributed by atoms with Gasteiger partial charge in [-0.1, -0.05) is 35.9 Å².